The van der Waals surface area contributed by atoms with Gasteiger partial charge < -0.3 is 23.5 Å². The quantitative estimate of drug-likeness (QED) is 0.514. The van der Waals surface area contributed by atoms with E-state index in [2.05, 4.69) is 4.98 Å². The lowest BCUT2D eigenvalue weighted by Gasteiger charge is -2.17. The summed E-state index contributed by atoms with van der Waals surface area (Å²) < 4.78 is 51.2. The van der Waals surface area contributed by atoms with E-state index in [-0.39, 0.29) is 24.9 Å². The third-order valence-electron chi connectivity index (χ3n) is 5.23. The van der Waals surface area contributed by atoms with Crippen molar-refractivity contribution in [2.75, 3.05) is 20.3 Å². The minimum atomic E-state index is -0.636. The predicted octanol–water partition coefficient (Wildman–Crippen LogP) is 3.82. The van der Waals surface area contributed by atoms with Crippen LogP contribution in [-0.4, -0.2) is 47.7 Å². The van der Waals surface area contributed by atoms with Crippen LogP contribution < -0.4 is 0 Å². The molecule has 3 aromatic rings. The second-order valence-corrected chi connectivity index (χ2v) is 8.06. The molecule has 0 radical (unpaired) electrons. The van der Waals surface area contributed by atoms with E-state index in [1.54, 1.807) is 10.6 Å². The Kier molecular flexibility index (Phi) is 6.23. The lowest BCUT2D eigenvalue weighted by atomic mass is 10.2. The minimum Gasteiger partial charge on any atom is -0.464 e. The second kappa shape index (κ2) is 8.93. The van der Waals surface area contributed by atoms with Gasteiger partial charge >= 0.3 is 5.97 Å². The Balaban J connectivity index is 1.60. The van der Waals surface area contributed by atoms with Gasteiger partial charge in [0.25, 0.3) is 0 Å². The van der Waals surface area contributed by atoms with Gasteiger partial charge in [0.1, 0.15) is 23.4 Å². The highest BCUT2D eigenvalue weighted by Gasteiger charge is 2.32. The molecule has 1 fully saturated rings. The number of halogens is 2. The van der Waals surface area contributed by atoms with Crippen LogP contribution in [0.2, 0.25) is 0 Å². The highest BCUT2D eigenvalue weighted by atomic mass is 19.1. The molecule has 0 saturated carbocycles. The zero-order valence-corrected chi connectivity index (χ0v) is 18.1. The number of carbonyl (C=O) groups excluding carboxylic acids is 1. The van der Waals surface area contributed by atoms with E-state index >= 15 is 0 Å². The molecule has 0 bridgehead atoms. The lowest BCUT2D eigenvalue weighted by Crippen LogP contribution is -2.24. The summed E-state index contributed by atoms with van der Waals surface area (Å²) in [5.41, 5.74) is 1.95. The molecule has 1 aliphatic rings. The van der Waals surface area contributed by atoms with Gasteiger partial charge in [-0.1, -0.05) is 6.07 Å². The standard InChI is InChI=1S/C23H24F2N2O5/c1-23(2)31-13-17(32-23)12-30-11-15-10-27(9-14-4-5-16(24)6-19(14)25)21-8-26-20(7-18(15)21)22(28)29-3/h4-8,10,17H,9,11-13H2,1-3H3. The molecule has 32 heavy (non-hydrogen) atoms. The molecule has 170 valence electrons. The first-order chi connectivity index (χ1) is 15.3. The first kappa shape index (κ1) is 22.3. The number of methoxy groups -OCH3 is 1. The third kappa shape index (κ3) is 4.79. The zero-order valence-electron chi connectivity index (χ0n) is 18.1. The summed E-state index contributed by atoms with van der Waals surface area (Å²) in [6.07, 6.45) is 3.16. The monoisotopic (exact) mass is 446 g/mol. The van der Waals surface area contributed by atoms with Gasteiger partial charge in [-0.2, -0.15) is 0 Å². The Morgan fingerprint density at radius 1 is 1.28 bits per heavy atom. The highest BCUT2D eigenvalue weighted by Crippen LogP contribution is 2.26. The van der Waals surface area contributed by atoms with Crippen LogP contribution in [-0.2, 0) is 32.1 Å². The van der Waals surface area contributed by atoms with E-state index < -0.39 is 23.4 Å². The fourth-order valence-corrected chi connectivity index (χ4v) is 3.70. The van der Waals surface area contributed by atoms with E-state index in [0.717, 1.165) is 17.0 Å². The highest BCUT2D eigenvalue weighted by molar-refractivity contribution is 5.93. The normalized spacial score (nSPS) is 17.7. The first-order valence-electron chi connectivity index (χ1n) is 10.2. The van der Waals surface area contributed by atoms with Crippen LogP contribution in [0.3, 0.4) is 0 Å². The summed E-state index contributed by atoms with van der Waals surface area (Å²) in [6.45, 7) is 4.86. The molecule has 0 amide bonds. The summed E-state index contributed by atoms with van der Waals surface area (Å²) >= 11 is 0. The largest absolute Gasteiger partial charge is 0.464 e. The van der Waals surface area contributed by atoms with Gasteiger partial charge in [-0.05, 0) is 26.0 Å². The molecule has 1 aliphatic heterocycles. The third-order valence-corrected chi connectivity index (χ3v) is 5.23. The number of rotatable bonds is 7. The number of hydrogen-bond acceptors (Lipinski definition) is 6. The molecule has 1 unspecified atom stereocenters. The fourth-order valence-electron chi connectivity index (χ4n) is 3.70. The van der Waals surface area contributed by atoms with Crippen LogP contribution in [0, 0.1) is 11.6 Å². The van der Waals surface area contributed by atoms with Crippen LogP contribution in [0.4, 0.5) is 8.78 Å². The number of carbonyl (C=O) groups is 1. The van der Waals surface area contributed by atoms with Gasteiger partial charge in [0, 0.05) is 28.8 Å². The van der Waals surface area contributed by atoms with Crippen molar-refractivity contribution >= 4 is 16.9 Å². The van der Waals surface area contributed by atoms with Crippen molar-refractivity contribution in [3.8, 4) is 0 Å². The van der Waals surface area contributed by atoms with Gasteiger partial charge in [-0.25, -0.2) is 18.6 Å². The molecule has 3 heterocycles. The van der Waals surface area contributed by atoms with E-state index in [1.165, 1.54) is 25.4 Å². The van der Waals surface area contributed by atoms with Crippen LogP contribution in [0.1, 0.15) is 35.5 Å². The Labute approximate surface area is 183 Å². The fraction of sp³-hybridized carbons (Fsp3) is 0.391. The molecule has 9 heteroatoms. The maximum Gasteiger partial charge on any atom is 0.356 e. The molecule has 1 atom stereocenters. The first-order valence-corrected chi connectivity index (χ1v) is 10.2. The van der Waals surface area contributed by atoms with Gasteiger partial charge in [-0.15, -0.1) is 0 Å². The van der Waals surface area contributed by atoms with E-state index in [0.29, 0.717) is 24.3 Å². The zero-order chi connectivity index (χ0) is 22.9. The molecule has 2 aromatic heterocycles. The van der Waals surface area contributed by atoms with Crippen LogP contribution >= 0.6 is 0 Å². The maximum absolute atomic E-state index is 14.2. The van der Waals surface area contributed by atoms with Crippen molar-refractivity contribution in [1.29, 1.82) is 0 Å². The predicted molar refractivity (Wildman–Crippen MR) is 111 cm³/mol. The Morgan fingerprint density at radius 3 is 2.78 bits per heavy atom. The second-order valence-electron chi connectivity index (χ2n) is 8.06. The minimum absolute atomic E-state index is 0.154. The molecule has 1 saturated heterocycles. The summed E-state index contributed by atoms with van der Waals surface area (Å²) in [4.78, 5) is 16.1. The summed E-state index contributed by atoms with van der Waals surface area (Å²) in [5.74, 6) is -2.47. The van der Waals surface area contributed by atoms with Crippen LogP contribution in [0.25, 0.3) is 10.9 Å². The number of fused-ring (bicyclic) bond motifs is 1. The SMILES string of the molecule is COC(=O)c1cc2c(COCC3COC(C)(C)O3)cn(Cc3ccc(F)cc3F)c2cn1. The Bertz CT molecular complexity index is 1140. The average molecular weight is 446 g/mol. The van der Waals surface area contributed by atoms with E-state index in [1.807, 2.05) is 20.0 Å². The number of pyridine rings is 1. The van der Waals surface area contributed by atoms with Crippen molar-refractivity contribution < 1.29 is 32.5 Å². The topological polar surface area (TPSA) is 71.8 Å². The van der Waals surface area contributed by atoms with Crippen molar-refractivity contribution in [3.63, 3.8) is 0 Å². The summed E-state index contributed by atoms with van der Waals surface area (Å²) in [7, 11) is 1.28. The Hall–Kier alpha value is -2.88. The number of hydrogen-bond donors (Lipinski definition) is 0. The maximum atomic E-state index is 14.2. The number of esters is 1. The van der Waals surface area contributed by atoms with Gasteiger partial charge in [0.05, 0.1) is 45.2 Å². The number of benzene rings is 1. The van der Waals surface area contributed by atoms with Crippen molar-refractivity contribution in [2.45, 2.75) is 38.9 Å². The Morgan fingerprint density at radius 2 is 2.09 bits per heavy atom. The van der Waals surface area contributed by atoms with Crippen molar-refractivity contribution in [3.05, 3.63) is 65.1 Å². The molecule has 7 nitrogen and oxygen atoms in total. The summed E-state index contributed by atoms with van der Waals surface area (Å²) in [6, 6.07) is 5.09. The average Bonchev–Trinajstić information content (AvgIpc) is 3.28. The van der Waals surface area contributed by atoms with Crippen LogP contribution in [0.15, 0.2) is 36.7 Å². The summed E-state index contributed by atoms with van der Waals surface area (Å²) in [5, 5.41) is 0.729. The van der Waals surface area contributed by atoms with Crippen LogP contribution in [0.5, 0.6) is 0 Å². The van der Waals surface area contributed by atoms with Crippen molar-refractivity contribution in [2.24, 2.45) is 0 Å². The molecule has 0 N–H and O–H groups in total. The van der Waals surface area contributed by atoms with Gasteiger partial charge in [0.2, 0.25) is 0 Å². The number of ether oxygens (including phenoxy) is 4. The van der Waals surface area contributed by atoms with E-state index in [4.69, 9.17) is 18.9 Å². The molecular formula is C23H24F2N2O5. The van der Waals surface area contributed by atoms with Crippen molar-refractivity contribution in [1.82, 2.24) is 9.55 Å². The van der Waals surface area contributed by atoms with E-state index in [9.17, 15) is 13.6 Å². The molecule has 0 aliphatic carbocycles. The molecule has 1 aromatic carbocycles. The molecule has 0 spiro atoms. The van der Waals surface area contributed by atoms with Gasteiger partial charge in [0.15, 0.2) is 5.79 Å². The van der Waals surface area contributed by atoms with Gasteiger partial charge in [-0.3, -0.25) is 0 Å². The molecule has 4 rings (SSSR count). The number of aromatic nitrogens is 2. The smallest absolute Gasteiger partial charge is 0.356 e. The molecular weight excluding hydrogens is 422 g/mol. The lowest BCUT2D eigenvalue weighted by molar-refractivity contribution is -0.145. The number of nitrogens with zero attached hydrogens (tertiary/aromatic N) is 2.